The molecule has 32 heavy (non-hydrogen) atoms. The summed E-state index contributed by atoms with van der Waals surface area (Å²) >= 11 is 0. The minimum atomic E-state index is -0.273. The van der Waals surface area contributed by atoms with Gasteiger partial charge in [-0.15, -0.1) is 0 Å². The number of ether oxygens (including phenoxy) is 1. The smallest absolute Gasteiger partial charge is 0.226 e. The number of piperazine rings is 1. The van der Waals surface area contributed by atoms with Crippen molar-refractivity contribution in [2.45, 2.75) is 84.5 Å². The summed E-state index contributed by atoms with van der Waals surface area (Å²) in [7, 11) is 0. The topological polar surface area (TPSA) is 69.5 Å². The first-order chi connectivity index (χ1) is 15.2. The molecule has 0 aromatic carbocycles. The lowest BCUT2D eigenvalue weighted by atomic mass is 9.87. The molecule has 1 aromatic heterocycles. The zero-order chi connectivity index (χ0) is 22.8. The Labute approximate surface area is 191 Å². The van der Waals surface area contributed by atoms with Crippen LogP contribution < -0.4 is 4.90 Å². The molecule has 4 aliphatic rings. The Morgan fingerprint density at radius 1 is 1.25 bits per heavy atom. The van der Waals surface area contributed by atoms with Crippen molar-refractivity contribution in [2.24, 2.45) is 17.8 Å². The van der Waals surface area contributed by atoms with E-state index >= 15 is 0 Å². The lowest BCUT2D eigenvalue weighted by Gasteiger charge is -2.45. The van der Waals surface area contributed by atoms with Crippen LogP contribution in [0.1, 0.15) is 82.2 Å². The third kappa shape index (κ3) is 3.79. The summed E-state index contributed by atoms with van der Waals surface area (Å²) in [5.41, 5.74) is 3.89. The highest BCUT2D eigenvalue weighted by Crippen LogP contribution is 2.46. The number of hydrogen-bond acceptors (Lipinski definition) is 5. The molecule has 3 fully saturated rings. The van der Waals surface area contributed by atoms with Gasteiger partial charge in [-0.2, -0.15) is 5.26 Å². The fourth-order valence-corrected chi connectivity index (χ4v) is 5.54. The van der Waals surface area contributed by atoms with E-state index in [4.69, 9.17) is 9.72 Å². The molecule has 2 aliphatic carbocycles. The lowest BCUT2D eigenvalue weighted by molar-refractivity contribution is -0.136. The van der Waals surface area contributed by atoms with E-state index < -0.39 is 0 Å². The maximum atomic E-state index is 13.1. The van der Waals surface area contributed by atoms with Gasteiger partial charge < -0.3 is 14.5 Å². The second-order valence-corrected chi connectivity index (χ2v) is 11.4. The average Bonchev–Trinajstić information content (AvgIpc) is 3.67. The Bertz CT molecular complexity index is 975. The molecular formula is C26H36N4O2. The van der Waals surface area contributed by atoms with Crippen LogP contribution >= 0.6 is 0 Å². The third-order valence-corrected chi connectivity index (χ3v) is 7.91. The number of nitrogens with zero attached hydrogens (tertiary/aromatic N) is 4. The SMILES string of the molecule is CC(C)C1CN(c2nc(C3CC3)c3c(c2C#N)CC(C)(C)OC3)CCN1C(=O)[C@@H]1C[C@H]1C. The summed E-state index contributed by atoms with van der Waals surface area (Å²) in [6.07, 6.45) is 4.11. The predicted octanol–water partition coefficient (Wildman–Crippen LogP) is 4.01. The number of fused-ring (bicyclic) bond motifs is 1. The summed E-state index contributed by atoms with van der Waals surface area (Å²) in [6, 6.07) is 2.67. The largest absolute Gasteiger partial charge is 0.370 e. The van der Waals surface area contributed by atoms with Gasteiger partial charge in [0.1, 0.15) is 11.9 Å². The fourth-order valence-electron chi connectivity index (χ4n) is 5.54. The Morgan fingerprint density at radius 2 is 1.97 bits per heavy atom. The van der Waals surface area contributed by atoms with Crippen LogP contribution in [0, 0.1) is 29.1 Å². The first kappa shape index (κ1) is 21.7. The summed E-state index contributed by atoms with van der Waals surface area (Å²) in [5, 5.41) is 10.2. The van der Waals surface area contributed by atoms with E-state index in [-0.39, 0.29) is 17.6 Å². The molecule has 1 unspecified atom stereocenters. The molecular weight excluding hydrogens is 400 g/mol. The van der Waals surface area contributed by atoms with E-state index in [1.54, 1.807) is 0 Å². The molecule has 2 saturated carbocycles. The molecule has 2 aliphatic heterocycles. The number of rotatable bonds is 4. The number of carbonyl (C=O) groups excluding carboxylic acids is 1. The Morgan fingerprint density at radius 3 is 2.56 bits per heavy atom. The molecule has 1 aromatic rings. The van der Waals surface area contributed by atoms with Crippen LogP contribution in [0.4, 0.5) is 5.82 Å². The van der Waals surface area contributed by atoms with E-state index in [1.807, 2.05) is 0 Å². The Hall–Kier alpha value is -2.13. The summed E-state index contributed by atoms with van der Waals surface area (Å²) in [4.78, 5) is 22.6. The minimum Gasteiger partial charge on any atom is -0.370 e. The van der Waals surface area contributed by atoms with Crippen molar-refractivity contribution in [2.75, 3.05) is 24.5 Å². The molecule has 5 rings (SSSR count). The molecule has 0 bridgehead atoms. The quantitative estimate of drug-likeness (QED) is 0.713. The Balaban J connectivity index is 1.50. The molecule has 0 radical (unpaired) electrons. The molecule has 6 heteroatoms. The molecule has 6 nitrogen and oxygen atoms in total. The molecule has 172 valence electrons. The van der Waals surface area contributed by atoms with Crippen LogP contribution in [0.5, 0.6) is 0 Å². The van der Waals surface area contributed by atoms with E-state index in [2.05, 4.69) is 50.5 Å². The standard InChI is InChI=1S/C26H36N4O2/c1-15(2)22-13-29(8-9-30(22)25(31)18-10-16(18)3)24-20(12-27)19-11-26(4,5)32-14-21(19)23(28-24)17-6-7-17/h15-18,22H,6-11,13-14H2,1-5H3/t16-,18-,22?/m1/s1. The monoisotopic (exact) mass is 436 g/mol. The first-order valence-electron chi connectivity index (χ1n) is 12.3. The highest BCUT2D eigenvalue weighted by molar-refractivity contribution is 5.82. The molecule has 3 heterocycles. The molecule has 1 saturated heterocycles. The van der Waals surface area contributed by atoms with E-state index in [1.165, 1.54) is 12.8 Å². The molecule has 0 spiro atoms. The number of carbonyl (C=O) groups is 1. The Kier molecular flexibility index (Phi) is 5.24. The maximum absolute atomic E-state index is 13.1. The molecule has 0 N–H and O–H groups in total. The van der Waals surface area contributed by atoms with Gasteiger partial charge in [0.2, 0.25) is 5.91 Å². The highest BCUT2D eigenvalue weighted by atomic mass is 16.5. The number of anilines is 1. The molecule has 3 atom stereocenters. The van der Waals surface area contributed by atoms with Crippen molar-refractivity contribution in [3.05, 3.63) is 22.4 Å². The second kappa shape index (κ2) is 7.73. The van der Waals surface area contributed by atoms with Crippen LogP contribution in [0.2, 0.25) is 0 Å². The van der Waals surface area contributed by atoms with Gasteiger partial charge in [-0.05, 0) is 50.5 Å². The van der Waals surface area contributed by atoms with E-state index in [9.17, 15) is 10.1 Å². The van der Waals surface area contributed by atoms with Crippen LogP contribution in [-0.2, 0) is 22.6 Å². The van der Waals surface area contributed by atoms with Crippen LogP contribution in [-0.4, -0.2) is 47.1 Å². The van der Waals surface area contributed by atoms with Gasteiger partial charge >= 0.3 is 0 Å². The molecule has 1 amide bonds. The van der Waals surface area contributed by atoms with E-state index in [0.29, 0.717) is 36.8 Å². The average molecular weight is 437 g/mol. The third-order valence-electron chi connectivity index (χ3n) is 7.91. The van der Waals surface area contributed by atoms with Gasteiger partial charge in [-0.3, -0.25) is 4.79 Å². The fraction of sp³-hybridized carbons (Fsp3) is 0.731. The maximum Gasteiger partial charge on any atom is 0.226 e. The van der Waals surface area contributed by atoms with Gasteiger partial charge in [0.25, 0.3) is 0 Å². The van der Waals surface area contributed by atoms with Crippen molar-refractivity contribution in [3.8, 4) is 6.07 Å². The van der Waals surface area contributed by atoms with Gasteiger partial charge in [0.05, 0.1) is 29.5 Å². The van der Waals surface area contributed by atoms with Gasteiger partial charge in [0.15, 0.2) is 0 Å². The zero-order valence-electron chi connectivity index (χ0n) is 20.1. The number of amides is 1. The minimum absolute atomic E-state index is 0.151. The summed E-state index contributed by atoms with van der Waals surface area (Å²) < 4.78 is 6.11. The lowest BCUT2D eigenvalue weighted by Crippen LogP contribution is -2.58. The predicted molar refractivity (Wildman–Crippen MR) is 123 cm³/mol. The van der Waals surface area contributed by atoms with Crippen molar-refractivity contribution in [1.82, 2.24) is 9.88 Å². The number of aromatic nitrogens is 1. The number of pyridine rings is 1. The summed E-state index contributed by atoms with van der Waals surface area (Å²) in [5.74, 6) is 2.75. The van der Waals surface area contributed by atoms with Gasteiger partial charge in [-0.25, -0.2) is 4.98 Å². The summed E-state index contributed by atoms with van der Waals surface area (Å²) in [6.45, 7) is 13.5. The highest BCUT2D eigenvalue weighted by Gasteiger charge is 2.45. The van der Waals surface area contributed by atoms with Crippen molar-refractivity contribution in [1.29, 1.82) is 5.26 Å². The van der Waals surface area contributed by atoms with Crippen LogP contribution in [0.15, 0.2) is 0 Å². The van der Waals surface area contributed by atoms with Crippen molar-refractivity contribution >= 4 is 11.7 Å². The second-order valence-electron chi connectivity index (χ2n) is 11.4. The van der Waals surface area contributed by atoms with Crippen molar-refractivity contribution < 1.29 is 9.53 Å². The van der Waals surface area contributed by atoms with Crippen LogP contribution in [0.3, 0.4) is 0 Å². The van der Waals surface area contributed by atoms with Crippen molar-refractivity contribution in [3.63, 3.8) is 0 Å². The normalized spacial score (nSPS) is 29.0. The zero-order valence-corrected chi connectivity index (χ0v) is 20.1. The van der Waals surface area contributed by atoms with Crippen LogP contribution in [0.25, 0.3) is 0 Å². The number of hydrogen-bond donors (Lipinski definition) is 0. The van der Waals surface area contributed by atoms with E-state index in [0.717, 1.165) is 54.1 Å². The van der Waals surface area contributed by atoms with Gasteiger partial charge in [-0.1, -0.05) is 20.8 Å². The number of nitriles is 1. The first-order valence-corrected chi connectivity index (χ1v) is 12.3. The van der Waals surface area contributed by atoms with Gasteiger partial charge in [0, 0.05) is 43.5 Å².